The molecular weight excluding hydrogens is 292 g/mol. The first kappa shape index (κ1) is 13.1. The fourth-order valence-electron chi connectivity index (χ4n) is 1.79. The van der Waals surface area contributed by atoms with Crippen molar-refractivity contribution in [2.75, 3.05) is 0 Å². The Labute approximate surface area is 123 Å². The van der Waals surface area contributed by atoms with E-state index in [-0.39, 0.29) is 5.69 Å². The van der Waals surface area contributed by atoms with Gasteiger partial charge in [-0.2, -0.15) is 0 Å². The average Bonchev–Trinajstić information content (AvgIpc) is 2.88. The molecule has 6 heteroatoms. The summed E-state index contributed by atoms with van der Waals surface area (Å²) in [5.74, 6) is 0.850. The summed E-state index contributed by atoms with van der Waals surface area (Å²) in [5, 5.41) is 10.7. The molecule has 1 heterocycles. The minimum Gasteiger partial charge on any atom is -0.258 e. The molecule has 0 amide bonds. The number of thioether (sulfide) groups is 1. The van der Waals surface area contributed by atoms with E-state index in [1.807, 2.05) is 18.2 Å². The highest BCUT2D eigenvalue weighted by molar-refractivity contribution is 8.00. The number of nitro groups is 1. The molecule has 100 valence electrons. The Balaban J connectivity index is 1.80. The molecule has 0 aliphatic carbocycles. The fourth-order valence-corrected chi connectivity index (χ4v) is 3.79. The summed E-state index contributed by atoms with van der Waals surface area (Å²) < 4.78 is 1.91. The number of nitro benzene ring substituents is 1. The molecule has 3 rings (SSSR count). The van der Waals surface area contributed by atoms with Crippen LogP contribution in [0.25, 0.3) is 10.2 Å². The van der Waals surface area contributed by atoms with E-state index >= 15 is 0 Å². The van der Waals surface area contributed by atoms with Crippen LogP contribution in [0.2, 0.25) is 0 Å². The standard InChI is InChI=1S/C14H10N2O2S2/c17-16(18)11-6-7-13-12(8-11)15-14(20-13)19-9-10-4-2-1-3-5-10/h1-8H,9H2. The van der Waals surface area contributed by atoms with Gasteiger partial charge >= 0.3 is 0 Å². The third-order valence-corrected chi connectivity index (χ3v) is 5.02. The normalized spacial score (nSPS) is 10.8. The number of hydrogen-bond acceptors (Lipinski definition) is 5. The number of benzene rings is 2. The lowest BCUT2D eigenvalue weighted by Gasteiger charge is -1.97. The van der Waals surface area contributed by atoms with E-state index in [0.717, 1.165) is 14.8 Å². The highest BCUT2D eigenvalue weighted by Gasteiger charge is 2.10. The molecule has 0 aliphatic heterocycles. The average molecular weight is 302 g/mol. The monoisotopic (exact) mass is 302 g/mol. The molecule has 0 aliphatic rings. The van der Waals surface area contributed by atoms with Gasteiger partial charge in [-0.25, -0.2) is 4.98 Å². The Morgan fingerprint density at radius 3 is 2.75 bits per heavy atom. The van der Waals surface area contributed by atoms with Crippen LogP contribution < -0.4 is 0 Å². The molecule has 20 heavy (non-hydrogen) atoms. The fraction of sp³-hybridized carbons (Fsp3) is 0.0714. The maximum atomic E-state index is 10.7. The summed E-state index contributed by atoms with van der Waals surface area (Å²) in [7, 11) is 0. The number of thiazole rings is 1. The van der Waals surface area contributed by atoms with Gasteiger partial charge in [0, 0.05) is 17.9 Å². The SMILES string of the molecule is O=[N+]([O-])c1ccc2sc(SCc3ccccc3)nc2c1. The van der Waals surface area contributed by atoms with Crippen LogP contribution in [0.4, 0.5) is 5.69 Å². The van der Waals surface area contributed by atoms with Crippen LogP contribution in [0.3, 0.4) is 0 Å². The van der Waals surface area contributed by atoms with Crippen molar-refractivity contribution in [3.63, 3.8) is 0 Å². The largest absolute Gasteiger partial charge is 0.271 e. The lowest BCUT2D eigenvalue weighted by molar-refractivity contribution is -0.384. The highest BCUT2D eigenvalue weighted by Crippen LogP contribution is 2.32. The van der Waals surface area contributed by atoms with Crippen molar-refractivity contribution in [2.45, 2.75) is 10.1 Å². The molecule has 3 aromatic rings. The second-order valence-corrected chi connectivity index (χ2v) is 6.42. The van der Waals surface area contributed by atoms with E-state index in [0.29, 0.717) is 5.52 Å². The molecule has 4 nitrogen and oxygen atoms in total. The van der Waals surface area contributed by atoms with Crippen LogP contribution >= 0.6 is 23.1 Å². The number of fused-ring (bicyclic) bond motifs is 1. The zero-order valence-electron chi connectivity index (χ0n) is 10.4. The topological polar surface area (TPSA) is 56.0 Å². The maximum Gasteiger partial charge on any atom is 0.271 e. The van der Waals surface area contributed by atoms with Crippen LogP contribution in [0.15, 0.2) is 52.9 Å². The van der Waals surface area contributed by atoms with E-state index in [4.69, 9.17) is 0 Å². The molecule has 1 aromatic heterocycles. The molecule has 0 bridgehead atoms. The van der Waals surface area contributed by atoms with E-state index in [1.165, 1.54) is 17.7 Å². The van der Waals surface area contributed by atoms with Gasteiger partial charge in [0.15, 0.2) is 4.34 Å². The second-order valence-electron chi connectivity index (χ2n) is 4.16. The summed E-state index contributed by atoms with van der Waals surface area (Å²) in [5.41, 5.74) is 2.02. The summed E-state index contributed by atoms with van der Waals surface area (Å²) >= 11 is 3.22. The first-order valence-electron chi connectivity index (χ1n) is 5.94. The van der Waals surface area contributed by atoms with Crippen LogP contribution in [-0.2, 0) is 5.75 Å². The molecule has 2 aromatic carbocycles. The number of rotatable bonds is 4. The first-order chi connectivity index (χ1) is 9.72. The van der Waals surface area contributed by atoms with E-state index in [2.05, 4.69) is 17.1 Å². The van der Waals surface area contributed by atoms with Gasteiger partial charge < -0.3 is 0 Å². The summed E-state index contributed by atoms with van der Waals surface area (Å²) in [6.45, 7) is 0. The van der Waals surface area contributed by atoms with Crippen molar-refractivity contribution < 1.29 is 4.92 Å². The van der Waals surface area contributed by atoms with E-state index in [1.54, 1.807) is 29.2 Å². The number of aromatic nitrogens is 1. The predicted octanol–water partition coefficient (Wildman–Crippen LogP) is 4.50. The van der Waals surface area contributed by atoms with Gasteiger partial charge in [-0.05, 0) is 11.6 Å². The minimum atomic E-state index is -0.393. The predicted molar refractivity (Wildman–Crippen MR) is 82.3 cm³/mol. The molecule has 0 spiro atoms. The van der Waals surface area contributed by atoms with Crippen molar-refractivity contribution in [3.05, 3.63) is 64.2 Å². The maximum absolute atomic E-state index is 10.7. The Hall–Kier alpha value is -1.92. The molecule has 0 saturated carbocycles. The van der Waals surface area contributed by atoms with Gasteiger partial charge in [0.05, 0.1) is 15.1 Å². The Bertz CT molecular complexity index is 756. The molecular formula is C14H10N2O2S2. The van der Waals surface area contributed by atoms with Crippen molar-refractivity contribution >= 4 is 39.0 Å². The quantitative estimate of drug-likeness (QED) is 0.404. The van der Waals surface area contributed by atoms with Gasteiger partial charge in [-0.15, -0.1) is 11.3 Å². The summed E-state index contributed by atoms with van der Waals surface area (Å²) in [6.07, 6.45) is 0. The van der Waals surface area contributed by atoms with Crippen molar-refractivity contribution in [1.82, 2.24) is 4.98 Å². The van der Waals surface area contributed by atoms with Crippen molar-refractivity contribution in [2.24, 2.45) is 0 Å². The van der Waals surface area contributed by atoms with Crippen LogP contribution in [0.5, 0.6) is 0 Å². The number of hydrogen-bond donors (Lipinski definition) is 0. The van der Waals surface area contributed by atoms with Crippen molar-refractivity contribution in [1.29, 1.82) is 0 Å². The Kier molecular flexibility index (Phi) is 3.66. The van der Waals surface area contributed by atoms with Gasteiger partial charge in [-0.3, -0.25) is 10.1 Å². The third-order valence-electron chi connectivity index (χ3n) is 2.77. The molecule has 0 N–H and O–H groups in total. The van der Waals surface area contributed by atoms with Crippen LogP contribution in [0, 0.1) is 10.1 Å². The Morgan fingerprint density at radius 2 is 2.00 bits per heavy atom. The highest BCUT2D eigenvalue weighted by atomic mass is 32.2. The van der Waals surface area contributed by atoms with E-state index in [9.17, 15) is 10.1 Å². The molecule has 0 atom stereocenters. The third kappa shape index (κ3) is 2.81. The van der Waals surface area contributed by atoms with E-state index < -0.39 is 4.92 Å². The van der Waals surface area contributed by atoms with Gasteiger partial charge in [-0.1, -0.05) is 42.1 Å². The molecule has 0 radical (unpaired) electrons. The number of non-ortho nitro benzene ring substituents is 1. The summed E-state index contributed by atoms with van der Waals surface area (Å²) in [6, 6.07) is 15.0. The first-order valence-corrected chi connectivity index (χ1v) is 7.74. The van der Waals surface area contributed by atoms with Crippen molar-refractivity contribution in [3.8, 4) is 0 Å². The van der Waals surface area contributed by atoms with Crippen LogP contribution in [0.1, 0.15) is 5.56 Å². The van der Waals surface area contributed by atoms with Gasteiger partial charge in [0.2, 0.25) is 0 Å². The smallest absolute Gasteiger partial charge is 0.258 e. The molecule has 0 unspecified atom stereocenters. The number of nitrogens with zero attached hydrogens (tertiary/aromatic N) is 2. The van der Waals surface area contributed by atoms with Gasteiger partial charge in [0.25, 0.3) is 5.69 Å². The molecule has 0 fully saturated rings. The lowest BCUT2D eigenvalue weighted by atomic mass is 10.2. The Morgan fingerprint density at radius 1 is 1.20 bits per heavy atom. The lowest BCUT2D eigenvalue weighted by Crippen LogP contribution is -1.86. The minimum absolute atomic E-state index is 0.0856. The second kappa shape index (κ2) is 5.60. The zero-order chi connectivity index (χ0) is 13.9. The zero-order valence-corrected chi connectivity index (χ0v) is 12.0. The molecule has 0 saturated heterocycles. The van der Waals surface area contributed by atoms with Crippen LogP contribution in [-0.4, -0.2) is 9.91 Å². The van der Waals surface area contributed by atoms with Gasteiger partial charge in [0.1, 0.15) is 0 Å². The summed E-state index contributed by atoms with van der Waals surface area (Å²) in [4.78, 5) is 14.8.